The molecule has 0 saturated heterocycles. The van der Waals surface area contributed by atoms with E-state index in [0.717, 1.165) is 25.7 Å². The molecule has 0 aliphatic heterocycles. The van der Waals surface area contributed by atoms with Crippen LogP contribution >= 0.6 is 10.7 Å². The van der Waals surface area contributed by atoms with Gasteiger partial charge in [0.25, 0.3) is 9.05 Å². The largest absolute Gasteiger partial charge is 0.352 e. The number of rotatable bonds is 4. The summed E-state index contributed by atoms with van der Waals surface area (Å²) in [5.41, 5.74) is 0. The van der Waals surface area contributed by atoms with Crippen molar-refractivity contribution in [1.82, 2.24) is 14.9 Å². The molecule has 106 valence electrons. The molecule has 6 nitrogen and oxygen atoms in total. The first-order valence-corrected chi connectivity index (χ1v) is 8.52. The van der Waals surface area contributed by atoms with Crippen LogP contribution in [0.5, 0.6) is 0 Å². The maximum Gasteiger partial charge on any atom is 0.280 e. The minimum atomic E-state index is -3.84. The second-order valence-corrected chi connectivity index (χ2v) is 7.24. The summed E-state index contributed by atoms with van der Waals surface area (Å²) in [4.78, 5) is 15.4. The van der Waals surface area contributed by atoms with Gasteiger partial charge in [0.1, 0.15) is 6.54 Å². The number of carbonyl (C=O) groups excluding carboxylic acids is 1. The van der Waals surface area contributed by atoms with E-state index in [0.29, 0.717) is 0 Å². The van der Waals surface area contributed by atoms with E-state index in [-0.39, 0.29) is 23.5 Å². The van der Waals surface area contributed by atoms with Crippen molar-refractivity contribution in [2.75, 3.05) is 0 Å². The van der Waals surface area contributed by atoms with Crippen LogP contribution in [0.2, 0.25) is 0 Å². The first kappa shape index (κ1) is 14.3. The van der Waals surface area contributed by atoms with Gasteiger partial charge in [-0.25, -0.2) is 13.4 Å². The standard InChI is InChI=1S/C11H16ClN3O3S/c12-19(17,18)11-7-15(8-13-11)6-10(16)14-9-4-2-1-3-5-9/h7-9H,1-6H2,(H,14,16). The Labute approximate surface area is 116 Å². The van der Waals surface area contributed by atoms with E-state index < -0.39 is 9.05 Å². The van der Waals surface area contributed by atoms with Crippen LogP contribution in [0.1, 0.15) is 32.1 Å². The van der Waals surface area contributed by atoms with Crippen molar-refractivity contribution in [3.8, 4) is 0 Å². The summed E-state index contributed by atoms with van der Waals surface area (Å²) in [5.74, 6) is -0.136. The van der Waals surface area contributed by atoms with E-state index in [1.165, 1.54) is 23.5 Å². The van der Waals surface area contributed by atoms with Crippen LogP contribution < -0.4 is 5.32 Å². The molecule has 2 rings (SSSR count). The SMILES string of the molecule is O=C(Cn1cnc(S(=O)(=O)Cl)c1)NC1CCCCC1. The molecule has 1 aliphatic rings. The zero-order valence-electron chi connectivity index (χ0n) is 10.4. The Kier molecular flexibility index (Phi) is 4.46. The zero-order chi connectivity index (χ0) is 13.9. The molecule has 0 spiro atoms. The third kappa shape index (κ3) is 4.21. The molecule has 1 heterocycles. The lowest BCUT2D eigenvalue weighted by molar-refractivity contribution is -0.122. The molecule has 1 aromatic rings. The van der Waals surface area contributed by atoms with Crippen molar-refractivity contribution in [1.29, 1.82) is 0 Å². The van der Waals surface area contributed by atoms with Gasteiger partial charge < -0.3 is 9.88 Å². The van der Waals surface area contributed by atoms with Crippen LogP contribution in [0, 0.1) is 0 Å². The molecule has 1 N–H and O–H groups in total. The second kappa shape index (κ2) is 5.92. The lowest BCUT2D eigenvalue weighted by atomic mass is 9.95. The lowest BCUT2D eigenvalue weighted by Crippen LogP contribution is -2.38. The Morgan fingerprint density at radius 1 is 1.42 bits per heavy atom. The summed E-state index contributed by atoms with van der Waals surface area (Å²) >= 11 is 0. The molecule has 0 radical (unpaired) electrons. The molecule has 0 aromatic carbocycles. The minimum Gasteiger partial charge on any atom is -0.352 e. The maximum atomic E-state index is 11.8. The Balaban J connectivity index is 1.90. The Hall–Kier alpha value is -1.08. The van der Waals surface area contributed by atoms with Gasteiger partial charge in [0.2, 0.25) is 5.91 Å². The average Bonchev–Trinajstić information content (AvgIpc) is 2.78. The fourth-order valence-electron chi connectivity index (χ4n) is 2.24. The first-order valence-electron chi connectivity index (χ1n) is 6.21. The van der Waals surface area contributed by atoms with Crippen molar-refractivity contribution < 1.29 is 13.2 Å². The van der Waals surface area contributed by atoms with Gasteiger partial charge in [-0.2, -0.15) is 0 Å². The van der Waals surface area contributed by atoms with Crippen molar-refractivity contribution in [2.45, 2.75) is 49.7 Å². The highest BCUT2D eigenvalue weighted by molar-refractivity contribution is 8.13. The summed E-state index contributed by atoms with van der Waals surface area (Å²) in [5, 5.41) is 2.71. The number of nitrogens with zero attached hydrogens (tertiary/aromatic N) is 2. The molecule has 8 heteroatoms. The highest BCUT2D eigenvalue weighted by Gasteiger charge is 2.17. The molecular formula is C11H16ClN3O3S. The van der Waals surface area contributed by atoms with Gasteiger partial charge in [-0.1, -0.05) is 19.3 Å². The molecule has 1 amide bonds. The molecule has 0 atom stereocenters. The fourth-order valence-corrected chi connectivity index (χ4v) is 2.91. The van der Waals surface area contributed by atoms with Crippen molar-refractivity contribution in [3.63, 3.8) is 0 Å². The zero-order valence-corrected chi connectivity index (χ0v) is 12.0. The van der Waals surface area contributed by atoms with Crippen LogP contribution in [-0.2, 0) is 20.4 Å². The number of imidazole rings is 1. The van der Waals surface area contributed by atoms with Crippen LogP contribution in [0.3, 0.4) is 0 Å². The monoisotopic (exact) mass is 305 g/mol. The molecule has 1 aliphatic carbocycles. The van der Waals surface area contributed by atoms with Gasteiger partial charge in [0, 0.05) is 22.9 Å². The summed E-state index contributed by atoms with van der Waals surface area (Å²) in [6, 6.07) is 0.237. The van der Waals surface area contributed by atoms with Crippen molar-refractivity contribution >= 4 is 25.6 Å². The van der Waals surface area contributed by atoms with Crippen LogP contribution in [-0.4, -0.2) is 29.9 Å². The lowest BCUT2D eigenvalue weighted by Gasteiger charge is -2.22. The molecule has 1 saturated carbocycles. The Morgan fingerprint density at radius 3 is 2.68 bits per heavy atom. The van der Waals surface area contributed by atoms with Gasteiger partial charge in [-0.05, 0) is 12.8 Å². The summed E-state index contributed by atoms with van der Waals surface area (Å²) < 4.78 is 23.5. The molecule has 1 aromatic heterocycles. The average molecular weight is 306 g/mol. The predicted octanol–water partition coefficient (Wildman–Crippen LogP) is 1.26. The number of halogens is 1. The highest BCUT2D eigenvalue weighted by atomic mass is 35.7. The van der Waals surface area contributed by atoms with E-state index in [1.54, 1.807) is 0 Å². The highest BCUT2D eigenvalue weighted by Crippen LogP contribution is 2.17. The number of hydrogen-bond donors (Lipinski definition) is 1. The number of nitrogens with one attached hydrogen (secondary N) is 1. The summed E-state index contributed by atoms with van der Waals surface area (Å²) in [6.45, 7) is 0.0515. The smallest absolute Gasteiger partial charge is 0.280 e. The molecular weight excluding hydrogens is 290 g/mol. The normalized spacial score (nSPS) is 17.3. The maximum absolute atomic E-state index is 11.8. The molecule has 0 unspecified atom stereocenters. The van der Waals surface area contributed by atoms with Gasteiger partial charge in [0.15, 0.2) is 5.03 Å². The fraction of sp³-hybridized carbons (Fsp3) is 0.636. The Bertz CT molecular complexity index is 549. The van der Waals surface area contributed by atoms with Crippen LogP contribution in [0.4, 0.5) is 0 Å². The van der Waals surface area contributed by atoms with Crippen molar-refractivity contribution in [3.05, 3.63) is 12.5 Å². The summed E-state index contributed by atoms with van der Waals surface area (Å²) in [7, 11) is 1.32. The topological polar surface area (TPSA) is 81.1 Å². The minimum absolute atomic E-state index is 0.0515. The molecule has 0 bridgehead atoms. The third-order valence-corrected chi connectivity index (χ3v) is 4.34. The number of aromatic nitrogens is 2. The predicted molar refractivity (Wildman–Crippen MR) is 70.3 cm³/mol. The van der Waals surface area contributed by atoms with E-state index in [4.69, 9.17) is 10.7 Å². The second-order valence-electron chi connectivity index (χ2n) is 4.72. The van der Waals surface area contributed by atoms with Crippen LogP contribution in [0.25, 0.3) is 0 Å². The number of hydrogen-bond acceptors (Lipinski definition) is 4. The van der Waals surface area contributed by atoms with E-state index >= 15 is 0 Å². The van der Waals surface area contributed by atoms with E-state index in [9.17, 15) is 13.2 Å². The van der Waals surface area contributed by atoms with Crippen LogP contribution in [0.15, 0.2) is 17.6 Å². The van der Waals surface area contributed by atoms with Gasteiger partial charge in [-0.15, -0.1) is 0 Å². The van der Waals surface area contributed by atoms with Gasteiger partial charge in [-0.3, -0.25) is 4.79 Å². The summed E-state index contributed by atoms with van der Waals surface area (Å²) in [6.07, 6.45) is 8.08. The quantitative estimate of drug-likeness (QED) is 0.849. The Morgan fingerprint density at radius 2 is 2.11 bits per heavy atom. The van der Waals surface area contributed by atoms with Gasteiger partial charge >= 0.3 is 0 Å². The number of amides is 1. The van der Waals surface area contributed by atoms with Crippen molar-refractivity contribution in [2.24, 2.45) is 0 Å². The molecule has 19 heavy (non-hydrogen) atoms. The number of carbonyl (C=O) groups is 1. The third-order valence-electron chi connectivity index (χ3n) is 3.16. The van der Waals surface area contributed by atoms with E-state index in [1.807, 2.05) is 0 Å². The van der Waals surface area contributed by atoms with Gasteiger partial charge in [0.05, 0.1) is 6.33 Å². The first-order chi connectivity index (χ1) is 8.95. The molecule has 1 fully saturated rings. The van der Waals surface area contributed by atoms with E-state index in [2.05, 4.69) is 10.3 Å².